The zero-order valence-electron chi connectivity index (χ0n) is 12.3. The number of piperazine rings is 1. The first-order chi connectivity index (χ1) is 9.41. The molecule has 0 bridgehead atoms. The van der Waals surface area contributed by atoms with Crippen LogP contribution in [0.1, 0.15) is 12.5 Å². The molecule has 0 N–H and O–H groups in total. The fraction of sp³-hybridized carbons (Fsp3) is 0.467. The SMILES string of the molecule is C/C=C/c1ccc(S(C)(=O)=O)c(N2CCN(C)CC2)c1. The molecule has 4 nitrogen and oxygen atoms in total. The molecule has 0 aliphatic carbocycles. The molecule has 1 heterocycles. The highest BCUT2D eigenvalue weighted by atomic mass is 32.2. The summed E-state index contributed by atoms with van der Waals surface area (Å²) in [5.74, 6) is 0. The minimum Gasteiger partial charge on any atom is -0.368 e. The highest BCUT2D eigenvalue weighted by molar-refractivity contribution is 7.90. The van der Waals surface area contributed by atoms with Gasteiger partial charge >= 0.3 is 0 Å². The molecule has 1 saturated heterocycles. The van der Waals surface area contributed by atoms with E-state index in [0.29, 0.717) is 4.90 Å². The second kappa shape index (κ2) is 5.97. The number of benzene rings is 1. The molecule has 0 unspecified atom stereocenters. The molecule has 0 atom stereocenters. The highest BCUT2D eigenvalue weighted by Crippen LogP contribution is 2.28. The van der Waals surface area contributed by atoms with Crippen LogP contribution in [0.2, 0.25) is 0 Å². The molecule has 5 heteroatoms. The molecule has 0 spiro atoms. The molecule has 110 valence electrons. The van der Waals surface area contributed by atoms with Crippen molar-refractivity contribution in [2.24, 2.45) is 0 Å². The minimum atomic E-state index is -3.21. The predicted molar refractivity (Wildman–Crippen MR) is 84.0 cm³/mol. The van der Waals surface area contributed by atoms with Gasteiger partial charge in [-0.3, -0.25) is 0 Å². The summed E-state index contributed by atoms with van der Waals surface area (Å²) in [5, 5.41) is 0. The lowest BCUT2D eigenvalue weighted by Crippen LogP contribution is -2.44. The van der Waals surface area contributed by atoms with E-state index in [4.69, 9.17) is 0 Å². The number of hydrogen-bond donors (Lipinski definition) is 0. The van der Waals surface area contributed by atoms with E-state index in [9.17, 15) is 8.42 Å². The van der Waals surface area contributed by atoms with Crippen LogP contribution in [0.25, 0.3) is 6.08 Å². The molecule has 1 aromatic carbocycles. The van der Waals surface area contributed by atoms with Gasteiger partial charge < -0.3 is 9.80 Å². The van der Waals surface area contributed by atoms with Crippen molar-refractivity contribution in [3.8, 4) is 0 Å². The molecule has 1 aliphatic heterocycles. The van der Waals surface area contributed by atoms with E-state index in [2.05, 4.69) is 16.8 Å². The Morgan fingerprint density at radius 2 is 1.80 bits per heavy atom. The molecule has 1 aliphatic rings. The molecule has 2 rings (SSSR count). The average molecular weight is 294 g/mol. The van der Waals surface area contributed by atoms with Crippen molar-refractivity contribution in [2.45, 2.75) is 11.8 Å². The maximum absolute atomic E-state index is 12.0. The Morgan fingerprint density at radius 3 is 2.35 bits per heavy atom. The summed E-state index contributed by atoms with van der Waals surface area (Å²) in [4.78, 5) is 4.85. The van der Waals surface area contributed by atoms with Gasteiger partial charge in [0, 0.05) is 32.4 Å². The first-order valence-electron chi connectivity index (χ1n) is 6.82. The van der Waals surface area contributed by atoms with Crippen molar-refractivity contribution >= 4 is 21.6 Å². The number of anilines is 1. The highest BCUT2D eigenvalue weighted by Gasteiger charge is 2.21. The van der Waals surface area contributed by atoms with Gasteiger partial charge in [-0.2, -0.15) is 0 Å². The van der Waals surface area contributed by atoms with Gasteiger partial charge in [0.2, 0.25) is 0 Å². The third-order valence-electron chi connectivity index (χ3n) is 3.59. The zero-order valence-corrected chi connectivity index (χ0v) is 13.2. The second-order valence-electron chi connectivity index (χ2n) is 5.29. The van der Waals surface area contributed by atoms with Gasteiger partial charge in [0.1, 0.15) is 0 Å². The quantitative estimate of drug-likeness (QED) is 0.853. The zero-order chi connectivity index (χ0) is 14.8. The summed E-state index contributed by atoms with van der Waals surface area (Å²) in [6.45, 7) is 5.59. The first kappa shape index (κ1) is 15.1. The summed E-state index contributed by atoms with van der Waals surface area (Å²) in [7, 11) is -1.12. The van der Waals surface area contributed by atoms with Crippen LogP contribution in [-0.4, -0.2) is 52.8 Å². The van der Waals surface area contributed by atoms with Crippen molar-refractivity contribution in [3.63, 3.8) is 0 Å². The van der Waals surface area contributed by atoms with Crippen LogP contribution in [0, 0.1) is 0 Å². The molecule has 1 aromatic rings. The Balaban J connectivity index is 2.44. The molecule has 0 amide bonds. The maximum Gasteiger partial charge on any atom is 0.177 e. The first-order valence-corrected chi connectivity index (χ1v) is 8.71. The van der Waals surface area contributed by atoms with E-state index < -0.39 is 9.84 Å². The Hall–Kier alpha value is -1.33. The van der Waals surface area contributed by atoms with Gasteiger partial charge in [0.05, 0.1) is 10.6 Å². The van der Waals surface area contributed by atoms with Crippen molar-refractivity contribution in [1.29, 1.82) is 0 Å². The Kier molecular flexibility index (Phi) is 4.50. The van der Waals surface area contributed by atoms with Crippen LogP contribution in [0.5, 0.6) is 0 Å². The van der Waals surface area contributed by atoms with Crippen molar-refractivity contribution in [2.75, 3.05) is 44.4 Å². The largest absolute Gasteiger partial charge is 0.368 e. The van der Waals surface area contributed by atoms with Crippen LogP contribution in [0.4, 0.5) is 5.69 Å². The lowest BCUT2D eigenvalue weighted by molar-refractivity contribution is 0.312. The molecule has 20 heavy (non-hydrogen) atoms. The normalized spacial score (nSPS) is 17.9. The lowest BCUT2D eigenvalue weighted by atomic mass is 10.1. The van der Waals surface area contributed by atoms with Crippen molar-refractivity contribution in [3.05, 3.63) is 29.8 Å². The van der Waals surface area contributed by atoms with E-state index in [-0.39, 0.29) is 0 Å². The second-order valence-corrected chi connectivity index (χ2v) is 7.27. The van der Waals surface area contributed by atoms with Crippen LogP contribution in [0.3, 0.4) is 0 Å². The molecular formula is C15H22N2O2S. The van der Waals surface area contributed by atoms with Crippen LogP contribution >= 0.6 is 0 Å². The van der Waals surface area contributed by atoms with Crippen LogP contribution in [0.15, 0.2) is 29.2 Å². The Morgan fingerprint density at radius 1 is 1.15 bits per heavy atom. The van der Waals surface area contributed by atoms with Crippen molar-refractivity contribution in [1.82, 2.24) is 4.90 Å². The molecule has 0 aromatic heterocycles. The molecular weight excluding hydrogens is 272 g/mol. The maximum atomic E-state index is 12.0. The predicted octanol–water partition coefficient (Wildman–Crippen LogP) is 1.88. The molecule has 0 saturated carbocycles. The standard InChI is InChI=1S/C15H22N2O2S/c1-4-5-13-6-7-15(20(3,18)19)14(12-13)17-10-8-16(2)9-11-17/h4-7,12H,8-11H2,1-3H3/b5-4+. The van der Waals surface area contributed by atoms with E-state index >= 15 is 0 Å². The van der Waals surface area contributed by atoms with Gasteiger partial charge in [0.15, 0.2) is 9.84 Å². The summed E-state index contributed by atoms with van der Waals surface area (Å²) in [5.41, 5.74) is 1.87. The summed E-state index contributed by atoms with van der Waals surface area (Å²) in [6, 6.07) is 5.55. The number of rotatable bonds is 3. The van der Waals surface area contributed by atoms with Gasteiger partial charge in [-0.25, -0.2) is 8.42 Å². The van der Waals surface area contributed by atoms with Crippen LogP contribution in [-0.2, 0) is 9.84 Å². The summed E-state index contributed by atoms with van der Waals surface area (Å²) >= 11 is 0. The molecule has 0 radical (unpaired) electrons. The third kappa shape index (κ3) is 3.41. The number of sulfone groups is 1. The van der Waals surface area contributed by atoms with E-state index in [0.717, 1.165) is 37.4 Å². The number of allylic oxidation sites excluding steroid dienone is 1. The number of likely N-dealkylation sites (N-methyl/N-ethyl adjacent to an activating group) is 1. The smallest absolute Gasteiger partial charge is 0.177 e. The Labute approximate surface area is 121 Å². The monoisotopic (exact) mass is 294 g/mol. The minimum absolute atomic E-state index is 0.426. The van der Waals surface area contributed by atoms with Gasteiger partial charge in [-0.1, -0.05) is 18.2 Å². The van der Waals surface area contributed by atoms with E-state index in [1.54, 1.807) is 6.07 Å². The fourth-order valence-electron chi connectivity index (χ4n) is 2.44. The average Bonchev–Trinajstić information content (AvgIpc) is 2.38. The summed E-state index contributed by atoms with van der Waals surface area (Å²) < 4.78 is 23.9. The van der Waals surface area contributed by atoms with Gasteiger partial charge in [-0.05, 0) is 31.7 Å². The van der Waals surface area contributed by atoms with Gasteiger partial charge in [0.25, 0.3) is 0 Å². The van der Waals surface area contributed by atoms with Crippen molar-refractivity contribution < 1.29 is 8.42 Å². The molecule has 1 fully saturated rings. The topological polar surface area (TPSA) is 40.6 Å². The summed E-state index contributed by atoms with van der Waals surface area (Å²) in [6.07, 6.45) is 5.23. The van der Waals surface area contributed by atoms with E-state index in [1.165, 1.54) is 6.26 Å². The van der Waals surface area contributed by atoms with Crippen LogP contribution < -0.4 is 4.90 Å². The number of hydrogen-bond acceptors (Lipinski definition) is 4. The third-order valence-corrected chi connectivity index (χ3v) is 4.73. The van der Waals surface area contributed by atoms with E-state index in [1.807, 2.05) is 31.2 Å². The Bertz CT molecular complexity index is 600. The van der Waals surface area contributed by atoms with Gasteiger partial charge in [-0.15, -0.1) is 0 Å². The number of nitrogens with zero attached hydrogens (tertiary/aromatic N) is 2. The lowest BCUT2D eigenvalue weighted by Gasteiger charge is -2.35. The fourth-order valence-corrected chi connectivity index (χ4v) is 3.32.